The van der Waals surface area contributed by atoms with Crippen molar-refractivity contribution in [2.24, 2.45) is 5.92 Å². The molecular weight excluding hydrogens is 335 g/mol. The van der Waals surface area contributed by atoms with Crippen LogP contribution in [0.25, 0.3) is 16.5 Å². The fourth-order valence-corrected chi connectivity index (χ4v) is 4.79. The molecule has 0 saturated carbocycles. The molecule has 0 spiro atoms. The maximum absolute atomic E-state index is 13.5. The zero-order valence-corrected chi connectivity index (χ0v) is 15.5. The summed E-state index contributed by atoms with van der Waals surface area (Å²) >= 11 is 0. The summed E-state index contributed by atoms with van der Waals surface area (Å²) in [4.78, 5) is 6.18. The first-order valence-corrected chi connectivity index (χ1v) is 10.0. The van der Waals surface area contributed by atoms with Gasteiger partial charge in [0.2, 0.25) is 0 Å². The number of benzene rings is 2. The number of rotatable bonds is 3. The number of hydrogen-bond donors (Lipinski definition) is 1. The first-order valence-electron chi connectivity index (χ1n) is 10.0. The van der Waals surface area contributed by atoms with E-state index in [2.05, 4.69) is 40.2 Å². The van der Waals surface area contributed by atoms with Crippen LogP contribution in [0.3, 0.4) is 0 Å². The molecule has 1 unspecified atom stereocenters. The zero-order chi connectivity index (χ0) is 18.2. The number of nitrogens with one attached hydrogen (secondary N) is 1. The van der Waals surface area contributed by atoms with Crippen molar-refractivity contribution in [1.29, 1.82) is 0 Å². The first kappa shape index (κ1) is 16.8. The van der Waals surface area contributed by atoms with Gasteiger partial charge in [-0.25, -0.2) is 4.39 Å². The van der Waals surface area contributed by atoms with Crippen LogP contribution in [0.4, 0.5) is 4.39 Å². The number of H-pyrrole nitrogens is 1. The molecule has 0 saturated heterocycles. The van der Waals surface area contributed by atoms with Gasteiger partial charge in [0.25, 0.3) is 0 Å². The highest BCUT2D eigenvalue weighted by molar-refractivity contribution is 5.84. The van der Waals surface area contributed by atoms with Crippen LogP contribution < -0.4 is 0 Å². The standard InChI is InChI=1S/C24H25FN2/c25-20-5-3-4-19(15-20)18-10-12-27(13-11-18)16-17-8-9-24-22(14-17)21-6-1-2-7-23(21)26-24/h1-7,10,15,17,26H,8-9,11-14,16H2. The summed E-state index contributed by atoms with van der Waals surface area (Å²) < 4.78 is 13.5. The lowest BCUT2D eigenvalue weighted by Gasteiger charge is -2.32. The molecule has 2 heterocycles. The maximum atomic E-state index is 13.5. The van der Waals surface area contributed by atoms with Gasteiger partial charge in [0.15, 0.2) is 0 Å². The van der Waals surface area contributed by atoms with Gasteiger partial charge in [-0.3, -0.25) is 4.90 Å². The van der Waals surface area contributed by atoms with Crippen LogP contribution >= 0.6 is 0 Å². The quantitative estimate of drug-likeness (QED) is 0.680. The predicted molar refractivity (Wildman–Crippen MR) is 109 cm³/mol. The Balaban J connectivity index is 1.26. The Kier molecular flexibility index (Phi) is 4.33. The van der Waals surface area contributed by atoms with Crippen molar-refractivity contribution >= 4 is 16.5 Å². The summed E-state index contributed by atoms with van der Waals surface area (Å²) in [7, 11) is 0. The second-order valence-electron chi connectivity index (χ2n) is 7.99. The van der Waals surface area contributed by atoms with Crippen LogP contribution in [-0.2, 0) is 12.8 Å². The minimum atomic E-state index is -0.146. The van der Waals surface area contributed by atoms with E-state index in [1.165, 1.54) is 46.6 Å². The van der Waals surface area contributed by atoms with E-state index >= 15 is 0 Å². The van der Waals surface area contributed by atoms with Crippen molar-refractivity contribution in [3.8, 4) is 0 Å². The smallest absolute Gasteiger partial charge is 0.123 e. The minimum absolute atomic E-state index is 0.146. The van der Waals surface area contributed by atoms with Gasteiger partial charge in [-0.15, -0.1) is 0 Å². The van der Waals surface area contributed by atoms with E-state index in [1.54, 1.807) is 12.1 Å². The molecule has 2 aromatic carbocycles. The Morgan fingerprint density at radius 2 is 2.00 bits per heavy atom. The van der Waals surface area contributed by atoms with E-state index in [-0.39, 0.29) is 5.82 Å². The van der Waals surface area contributed by atoms with Crippen LogP contribution in [0.2, 0.25) is 0 Å². The lowest BCUT2D eigenvalue weighted by molar-refractivity contribution is 0.238. The Bertz CT molecular complexity index is 1000. The molecule has 0 radical (unpaired) electrons. The van der Waals surface area contributed by atoms with Crippen LogP contribution in [0.5, 0.6) is 0 Å². The van der Waals surface area contributed by atoms with Gasteiger partial charge in [0.05, 0.1) is 0 Å². The highest BCUT2D eigenvalue weighted by Crippen LogP contribution is 2.32. The minimum Gasteiger partial charge on any atom is -0.358 e. The molecular formula is C24H25FN2. The van der Waals surface area contributed by atoms with Gasteiger partial charge in [-0.05, 0) is 66.5 Å². The molecule has 0 fully saturated rings. The number of fused-ring (bicyclic) bond motifs is 3. The highest BCUT2D eigenvalue weighted by Gasteiger charge is 2.24. The predicted octanol–water partition coefficient (Wildman–Crippen LogP) is 5.20. The van der Waals surface area contributed by atoms with Gasteiger partial charge in [0.1, 0.15) is 5.82 Å². The number of halogens is 1. The molecule has 1 aromatic heterocycles. The Labute approximate surface area is 159 Å². The van der Waals surface area contributed by atoms with Crippen molar-refractivity contribution in [2.45, 2.75) is 25.7 Å². The number of aromatic amines is 1. The number of para-hydroxylation sites is 1. The van der Waals surface area contributed by atoms with E-state index in [4.69, 9.17) is 0 Å². The van der Waals surface area contributed by atoms with Crippen LogP contribution in [-0.4, -0.2) is 29.5 Å². The second kappa shape index (κ2) is 6.97. The van der Waals surface area contributed by atoms with E-state index in [1.807, 2.05) is 6.07 Å². The number of aryl methyl sites for hydroxylation is 1. The summed E-state index contributed by atoms with van der Waals surface area (Å²) in [5, 5.41) is 1.41. The van der Waals surface area contributed by atoms with E-state index in [0.717, 1.165) is 44.0 Å². The van der Waals surface area contributed by atoms with Crippen molar-refractivity contribution in [2.75, 3.05) is 19.6 Å². The van der Waals surface area contributed by atoms with Gasteiger partial charge >= 0.3 is 0 Å². The summed E-state index contributed by atoms with van der Waals surface area (Å²) in [6, 6.07) is 15.7. The van der Waals surface area contributed by atoms with Crippen LogP contribution in [0.15, 0.2) is 54.6 Å². The lowest BCUT2D eigenvalue weighted by atomic mass is 9.85. The van der Waals surface area contributed by atoms with Gasteiger partial charge < -0.3 is 4.98 Å². The molecule has 27 heavy (non-hydrogen) atoms. The summed E-state index contributed by atoms with van der Waals surface area (Å²) in [5.41, 5.74) is 6.59. The SMILES string of the molecule is Fc1cccc(C2=CCN(CC3CCc4[nH]c5ccccc5c4C3)CC2)c1. The van der Waals surface area contributed by atoms with Crippen molar-refractivity contribution in [3.05, 3.63) is 77.2 Å². The van der Waals surface area contributed by atoms with E-state index in [0.29, 0.717) is 0 Å². The average Bonchev–Trinajstić information content (AvgIpc) is 3.07. The number of hydrogen-bond acceptors (Lipinski definition) is 1. The molecule has 2 aliphatic rings. The summed E-state index contributed by atoms with van der Waals surface area (Å²) in [6.07, 6.45) is 6.90. The average molecular weight is 360 g/mol. The third kappa shape index (κ3) is 3.32. The van der Waals surface area contributed by atoms with Crippen molar-refractivity contribution < 1.29 is 4.39 Å². The zero-order valence-electron chi connectivity index (χ0n) is 15.5. The third-order valence-corrected chi connectivity index (χ3v) is 6.20. The Morgan fingerprint density at radius 1 is 1.07 bits per heavy atom. The van der Waals surface area contributed by atoms with Crippen LogP contribution in [0.1, 0.15) is 29.7 Å². The molecule has 0 amide bonds. The normalized spacial score (nSPS) is 20.5. The van der Waals surface area contributed by atoms with Crippen molar-refractivity contribution in [1.82, 2.24) is 9.88 Å². The topological polar surface area (TPSA) is 19.0 Å². The number of nitrogens with zero attached hydrogens (tertiary/aromatic N) is 1. The fourth-order valence-electron chi connectivity index (χ4n) is 4.79. The first-order chi connectivity index (χ1) is 13.3. The summed E-state index contributed by atoms with van der Waals surface area (Å²) in [6.45, 7) is 3.20. The Morgan fingerprint density at radius 3 is 2.85 bits per heavy atom. The maximum Gasteiger partial charge on any atom is 0.123 e. The van der Waals surface area contributed by atoms with E-state index in [9.17, 15) is 4.39 Å². The Hall–Kier alpha value is -2.39. The second-order valence-corrected chi connectivity index (χ2v) is 7.99. The van der Waals surface area contributed by atoms with Gasteiger partial charge in [-0.1, -0.05) is 36.4 Å². The summed E-state index contributed by atoms with van der Waals surface area (Å²) in [5.74, 6) is 0.577. The molecule has 0 bridgehead atoms. The van der Waals surface area contributed by atoms with Crippen molar-refractivity contribution in [3.63, 3.8) is 0 Å². The third-order valence-electron chi connectivity index (χ3n) is 6.20. The molecule has 3 heteroatoms. The highest BCUT2D eigenvalue weighted by atomic mass is 19.1. The molecule has 138 valence electrons. The largest absolute Gasteiger partial charge is 0.358 e. The molecule has 1 N–H and O–H groups in total. The number of aromatic nitrogens is 1. The molecule has 3 aromatic rings. The van der Waals surface area contributed by atoms with Gasteiger partial charge in [0, 0.05) is 36.2 Å². The molecule has 1 aliphatic carbocycles. The van der Waals surface area contributed by atoms with E-state index < -0.39 is 0 Å². The molecule has 1 atom stereocenters. The van der Waals surface area contributed by atoms with Gasteiger partial charge in [-0.2, -0.15) is 0 Å². The lowest BCUT2D eigenvalue weighted by Crippen LogP contribution is -2.35. The molecule has 1 aliphatic heterocycles. The van der Waals surface area contributed by atoms with Crippen LogP contribution in [0, 0.1) is 11.7 Å². The fraction of sp³-hybridized carbons (Fsp3) is 0.333. The molecule has 5 rings (SSSR count). The monoisotopic (exact) mass is 360 g/mol. The molecule has 2 nitrogen and oxygen atoms in total.